The predicted octanol–water partition coefficient (Wildman–Crippen LogP) is 2.07. The van der Waals surface area contributed by atoms with Gasteiger partial charge in [0.05, 0.1) is 11.9 Å². The largest absolute Gasteiger partial charge is 0.396 e. The summed E-state index contributed by atoms with van der Waals surface area (Å²) >= 11 is 5.80. The molecule has 0 fully saturated rings. The summed E-state index contributed by atoms with van der Waals surface area (Å²) in [6.07, 6.45) is 1.49. The first-order chi connectivity index (χ1) is 9.11. The lowest BCUT2D eigenvalue weighted by Gasteiger charge is -2.08. The van der Waals surface area contributed by atoms with E-state index in [1.807, 2.05) is 19.1 Å². The Kier molecular flexibility index (Phi) is 4.06. The van der Waals surface area contributed by atoms with Crippen LogP contribution in [0.15, 0.2) is 30.5 Å². The zero-order chi connectivity index (χ0) is 13.8. The first kappa shape index (κ1) is 13.4. The van der Waals surface area contributed by atoms with Crippen LogP contribution in [0.5, 0.6) is 0 Å². The molecule has 0 saturated heterocycles. The summed E-state index contributed by atoms with van der Waals surface area (Å²) in [5, 5.41) is 7.52. The number of aromatic nitrogens is 2. The summed E-state index contributed by atoms with van der Waals surface area (Å²) in [5.74, 6) is -0.230. The van der Waals surface area contributed by atoms with E-state index >= 15 is 0 Å². The van der Waals surface area contributed by atoms with Crippen molar-refractivity contribution in [1.29, 1.82) is 0 Å². The van der Waals surface area contributed by atoms with Crippen molar-refractivity contribution in [3.63, 3.8) is 0 Å². The van der Waals surface area contributed by atoms with Gasteiger partial charge in [-0.3, -0.25) is 9.48 Å². The maximum Gasteiger partial charge on any atom is 0.271 e. The fraction of sp³-hybridized carbons (Fsp3) is 0.231. The number of rotatable bonds is 4. The van der Waals surface area contributed by atoms with E-state index in [4.69, 9.17) is 17.3 Å². The minimum atomic E-state index is -0.230. The van der Waals surface area contributed by atoms with E-state index in [1.54, 1.807) is 16.8 Å². The van der Waals surface area contributed by atoms with E-state index in [1.165, 1.54) is 6.20 Å². The molecule has 0 aliphatic heterocycles. The normalized spacial score (nSPS) is 10.4. The SMILES string of the molecule is CCn1ncc(N)c1C(=O)NCc1ccc(Cl)cc1. The molecule has 0 unspecified atom stereocenters. The molecule has 1 aromatic heterocycles. The third kappa shape index (κ3) is 3.06. The molecule has 6 heteroatoms. The minimum absolute atomic E-state index is 0.230. The summed E-state index contributed by atoms with van der Waals surface area (Å²) in [4.78, 5) is 12.1. The van der Waals surface area contributed by atoms with Crippen LogP contribution < -0.4 is 11.1 Å². The number of nitrogens with two attached hydrogens (primary N) is 1. The molecular weight excluding hydrogens is 264 g/mol. The molecule has 1 amide bonds. The highest BCUT2D eigenvalue weighted by Crippen LogP contribution is 2.12. The number of nitrogens with one attached hydrogen (secondary N) is 1. The monoisotopic (exact) mass is 278 g/mol. The van der Waals surface area contributed by atoms with Gasteiger partial charge in [0.1, 0.15) is 5.69 Å². The van der Waals surface area contributed by atoms with Crippen LogP contribution in [0.4, 0.5) is 5.69 Å². The number of benzene rings is 1. The zero-order valence-corrected chi connectivity index (χ0v) is 11.3. The zero-order valence-electron chi connectivity index (χ0n) is 10.6. The number of nitrogen functional groups attached to an aromatic ring is 1. The van der Waals surface area contributed by atoms with Crippen LogP contribution in [0, 0.1) is 0 Å². The summed E-state index contributed by atoms with van der Waals surface area (Å²) in [5.41, 5.74) is 7.50. The third-order valence-corrected chi connectivity index (χ3v) is 3.00. The molecule has 0 saturated carbocycles. The standard InChI is InChI=1S/C13H15ClN4O/c1-2-18-12(11(15)8-17-18)13(19)16-7-9-3-5-10(14)6-4-9/h3-6,8H,2,7,15H2,1H3,(H,16,19). The van der Waals surface area contributed by atoms with Gasteiger partial charge >= 0.3 is 0 Å². The van der Waals surface area contributed by atoms with Gasteiger partial charge in [-0.25, -0.2) is 0 Å². The summed E-state index contributed by atoms with van der Waals surface area (Å²) in [6, 6.07) is 7.30. The van der Waals surface area contributed by atoms with Gasteiger partial charge in [0.25, 0.3) is 5.91 Å². The molecule has 1 aromatic carbocycles. The van der Waals surface area contributed by atoms with Gasteiger partial charge in [-0.05, 0) is 24.6 Å². The van der Waals surface area contributed by atoms with Gasteiger partial charge < -0.3 is 11.1 Å². The van der Waals surface area contributed by atoms with Crippen molar-refractivity contribution < 1.29 is 4.79 Å². The van der Waals surface area contributed by atoms with Crippen molar-refractivity contribution in [3.8, 4) is 0 Å². The maximum absolute atomic E-state index is 12.1. The second-order valence-corrected chi connectivity index (χ2v) is 4.51. The van der Waals surface area contributed by atoms with Crippen LogP contribution in [0.2, 0.25) is 5.02 Å². The molecule has 19 heavy (non-hydrogen) atoms. The highest BCUT2D eigenvalue weighted by molar-refractivity contribution is 6.30. The second-order valence-electron chi connectivity index (χ2n) is 4.07. The number of hydrogen-bond acceptors (Lipinski definition) is 3. The van der Waals surface area contributed by atoms with E-state index in [2.05, 4.69) is 10.4 Å². The molecular formula is C13H15ClN4O. The van der Waals surface area contributed by atoms with E-state index in [0.717, 1.165) is 5.56 Å². The molecule has 2 aromatic rings. The van der Waals surface area contributed by atoms with Crippen molar-refractivity contribution in [3.05, 3.63) is 46.7 Å². The molecule has 0 bridgehead atoms. The minimum Gasteiger partial charge on any atom is -0.396 e. The van der Waals surface area contributed by atoms with Gasteiger partial charge in [0, 0.05) is 18.1 Å². The second kappa shape index (κ2) is 5.75. The number of amides is 1. The molecule has 3 N–H and O–H groups in total. The third-order valence-electron chi connectivity index (χ3n) is 2.75. The first-order valence-corrected chi connectivity index (χ1v) is 6.33. The number of carbonyl (C=O) groups excluding carboxylic acids is 1. The number of carbonyl (C=O) groups is 1. The Bertz CT molecular complexity index is 577. The van der Waals surface area contributed by atoms with Gasteiger partial charge in [-0.15, -0.1) is 0 Å². The molecule has 5 nitrogen and oxygen atoms in total. The number of hydrogen-bond donors (Lipinski definition) is 2. The van der Waals surface area contributed by atoms with Crippen LogP contribution in [0.1, 0.15) is 23.0 Å². The Balaban J connectivity index is 2.05. The molecule has 0 aliphatic carbocycles. The van der Waals surface area contributed by atoms with Crippen molar-refractivity contribution >= 4 is 23.2 Å². The topological polar surface area (TPSA) is 72.9 Å². The van der Waals surface area contributed by atoms with Crippen LogP contribution in [-0.2, 0) is 13.1 Å². The number of aryl methyl sites for hydroxylation is 1. The van der Waals surface area contributed by atoms with Crippen LogP contribution in [0.25, 0.3) is 0 Å². The number of anilines is 1. The lowest BCUT2D eigenvalue weighted by molar-refractivity contribution is 0.0941. The summed E-state index contributed by atoms with van der Waals surface area (Å²) in [7, 11) is 0. The predicted molar refractivity (Wildman–Crippen MR) is 74.9 cm³/mol. The Morgan fingerprint density at radius 3 is 2.74 bits per heavy atom. The van der Waals surface area contributed by atoms with E-state index in [-0.39, 0.29) is 5.91 Å². The van der Waals surface area contributed by atoms with Crippen LogP contribution >= 0.6 is 11.6 Å². The lowest BCUT2D eigenvalue weighted by Crippen LogP contribution is -2.26. The molecule has 0 spiro atoms. The Morgan fingerprint density at radius 2 is 2.11 bits per heavy atom. The quantitative estimate of drug-likeness (QED) is 0.899. The van der Waals surface area contributed by atoms with Crippen LogP contribution in [0.3, 0.4) is 0 Å². The molecule has 0 atom stereocenters. The average molecular weight is 279 g/mol. The molecule has 0 aliphatic rings. The number of nitrogens with zero attached hydrogens (tertiary/aromatic N) is 2. The van der Waals surface area contributed by atoms with Crippen molar-refractivity contribution in [2.24, 2.45) is 0 Å². The van der Waals surface area contributed by atoms with E-state index in [0.29, 0.717) is 29.5 Å². The maximum atomic E-state index is 12.1. The fourth-order valence-electron chi connectivity index (χ4n) is 1.76. The Morgan fingerprint density at radius 1 is 1.42 bits per heavy atom. The fourth-order valence-corrected chi connectivity index (χ4v) is 1.88. The van der Waals surface area contributed by atoms with Gasteiger partial charge in [-0.1, -0.05) is 23.7 Å². The average Bonchev–Trinajstić information content (AvgIpc) is 2.79. The van der Waals surface area contributed by atoms with Crippen molar-refractivity contribution in [2.75, 3.05) is 5.73 Å². The highest BCUT2D eigenvalue weighted by Gasteiger charge is 2.15. The van der Waals surface area contributed by atoms with Crippen molar-refractivity contribution in [2.45, 2.75) is 20.0 Å². The lowest BCUT2D eigenvalue weighted by atomic mass is 10.2. The number of halogens is 1. The highest BCUT2D eigenvalue weighted by atomic mass is 35.5. The molecule has 2 rings (SSSR count). The van der Waals surface area contributed by atoms with Crippen molar-refractivity contribution in [1.82, 2.24) is 15.1 Å². The van der Waals surface area contributed by atoms with Gasteiger partial charge in [0.2, 0.25) is 0 Å². The smallest absolute Gasteiger partial charge is 0.271 e. The molecule has 1 heterocycles. The Labute approximate surface area is 116 Å². The van der Waals surface area contributed by atoms with Gasteiger partial charge in [-0.2, -0.15) is 5.10 Å². The Hall–Kier alpha value is -2.01. The van der Waals surface area contributed by atoms with Crippen LogP contribution in [-0.4, -0.2) is 15.7 Å². The van der Waals surface area contributed by atoms with E-state index in [9.17, 15) is 4.79 Å². The summed E-state index contributed by atoms with van der Waals surface area (Å²) < 4.78 is 1.58. The molecule has 100 valence electrons. The van der Waals surface area contributed by atoms with Gasteiger partial charge in [0.15, 0.2) is 0 Å². The van der Waals surface area contributed by atoms with E-state index < -0.39 is 0 Å². The first-order valence-electron chi connectivity index (χ1n) is 5.95. The summed E-state index contributed by atoms with van der Waals surface area (Å²) in [6.45, 7) is 2.92. The molecule has 0 radical (unpaired) electrons.